The fourth-order valence-electron chi connectivity index (χ4n) is 4.56. The second-order valence-electron chi connectivity index (χ2n) is 11.3. The maximum Gasteiger partial charge on any atom is 0.408 e. The molecule has 9 nitrogen and oxygen atoms in total. The van der Waals surface area contributed by atoms with Crippen LogP contribution in [0.2, 0.25) is 5.02 Å². The van der Waals surface area contributed by atoms with Crippen molar-refractivity contribution in [1.82, 2.24) is 10.2 Å². The normalized spacial score (nSPS) is 17.8. The fourth-order valence-corrected chi connectivity index (χ4v) is 4.83. The van der Waals surface area contributed by atoms with Gasteiger partial charge in [0.2, 0.25) is 11.8 Å². The van der Waals surface area contributed by atoms with Crippen molar-refractivity contribution >= 4 is 41.1 Å². The van der Waals surface area contributed by atoms with Gasteiger partial charge < -0.3 is 26.0 Å². The number of nitrogens with two attached hydrogens (primary N) is 1. The highest BCUT2D eigenvalue weighted by Gasteiger charge is 2.48. The number of hydrogen-bond acceptors (Lipinski definition) is 5. The Bertz CT molecular complexity index is 1240. The number of benzene rings is 2. The van der Waals surface area contributed by atoms with Crippen LogP contribution in [0.3, 0.4) is 0 Å². The van der Waals surface area contributed by atoms with Crippen LogP contribution in [0.4, 0.5) is 10.5 Å². The lowest BCUT2D eigenvalue weighted by Gasteiger charge is -2.35. The Balaban J connectivity index is 2.07. The van der Waals surface area contributed by atoms with Crippen LogP contribution in [0, 0.1) is 12.8 Å². The summed E-state index contributed by atoms with van der Waals surface area (Å²) in [5, 5.41) is 5.79. The molecular weight excluding hydrogens is 532 g/mol. The van der Waals surface area contributed by atoms with Gasteiger partial charge in [-0.2, -0.15) is 0 Å². The van der Waals surface area contributed by atoms with Crippen molar-refractivity contribution in [1.29, 1.82) is 0 Å². The number of aryl methyl sites for hydroxylation is 2. The van der Waals surface area contributed by atoms with E-state index < -0.39 is 47.9 Å². The summed E-state index contributed by atoms with van der Waals surface area (Å²) in [7, 11) is 0. The summed E-state index contributed by atoms with van der Waals surface area (Å²) in [5.74, 6) is -1.75. The van der Waals surface area contributed by atoms with E-state index in [-0.39, 0.29) is 12.0 Å². The van der Waals surface area contributed by atoms with Gasteiger partial charge in [-0.3, -0.25) is 14.4 Å². The van der Waals surface area contributed by atoms with Gasteiger partial charge in [0.25, 0.3) is 5.91 Å². The maximum atomic E-state index is 14.2. The van der Waals surface area contributed by atoms with Gasteiger partial charge in [0.05, 0.1) is 17.1 Å². The molecule has 3 rings (SSSR count). The second kappa shape index (κ2) is 12.7. The molecule has 0 heterocycles. The summed E-state index contributed by atoms with van der Waals surface area (Å²) in [6.45, 7) is 10.9. The average molecular weight is 571 g/mol. The zero-order valence-corrected chi connectivity index (χ0v) is 24.7. The largest absolute Gasteiger partial charge is 0.444 e. The molecule has 1 saturated carbocycles. The van der Waals surface area contributed by atoms with Gasteiger partial charge in [0.15, 0.2) is 0 Å². The number of amides is 4. The van der Waals surface area contributed by atoms with E-state index >= 15 is 0 Å². The van der Waals surface area contributed by atoms with Gasteiger partial charge in [-0.15, -0.1) is 0 Å². The Morgan fingerprint density at radius 2 is 1.75 bits per heavy atom. The minimum Gasteiger partial charge on any atom is -0.444 e. The van der Waals surface area contributed by atoms with Crippen molar-refractivity contribution < 1.29 is 23.9 Å². The third-order valence-corrected chi connectivity index (χ3v) is 7.09. The Kier molecular flexibility index (Phi) is 9.84. The first-order chi connectivity index (χ1) is 18.7. The molecule has 0 radical (unpaired) electrons. The van der Waals surface area contributed by atoms with Crippen molar-refractivity contribution in [2.75, 3.05) is 5.32 Å². The number of ether oxygens (including phenoxy) is 1. The zero-order valence-electron chi connectivity index (χ0n) is 23.9. The number of carbonyl (C=O) groups excluding carboxylic acids is 4. The lowest BCUT2D eigenvalue weighted by atomic mass is 9.99. The number of hydrogen-bond donors (Lipinski definition) is 3. The number of nitrogens with zero attached hydrogens (tertiary/aromatic N) is 1. The molecule has 1 fully saturated rings. The van der Waals surface area contributed by atoms with Crippen LogP contribution in [-0.2, 0) is 25.5 Å². The van der Waals surface area contributed by atoms with Crippen molar-refractivity contribution in [3.8, 4) is 0 Å². The molecule has 1 aliphatic carbocycles. The molecule has 2 aromatic rings. The quantitative estimate of drug-likeness (QED) is 0.374. The zero-order chi connectivity index (χ0) is 29.8. The highest BCUT2D eigenvalue weighted by Crippen LogP contribution is 2.41. The van der Waals surface area contributed by atoms with Gasteiger partial charge >= 0.3 is 6.09 Å². The third-order valence-electron chi connectivity index (χ3n) is 6.77. The molecule has 0 aliphatic heterocycles. The number of para-hydroxylation sites is 1. The average Bonchev–Trinajstić information content (AvgIpc) is 3.58. The number of rotatable bonds is 10. The van der Waals surface area contributed by atoms with E-state index in [0.717, 1.165) is 17.5 Å². The number of carbonyl (C=O) groups is 4. The van der Waals surface area contributed by atoms with Gasteiger partial charge in [-0.05, 0) is 69.2 Å². The Hall–Kier alpha value is -3.59. The minimum atomic E-state index is -1.33. The first-order valence-electron chi connectivity index (χ1n) is 13.5. The van der Waals surface area contributed by atoms with E-state index in [1.54, 1.807) is 32.9 Å². The topological polar surface area (TPSA) is 131 Å². The highest BCUT2D eigenvalue weighted by molar-refractivity contribution is 6.34. The molecule has 10 heteroatoms. The number of primary amides is 1. The van der Waals surface area contributed by atoms with Crippen molar-refractivity contribution in [3.05, 3.63) is 64.2 Å². The van der Waals surface area contributed by atoms with E-state index in [1.165, 1.54) is 4.90 Å². The standard InChI is InChI=1S/C30H39ClN4O5/c1-7-19-11-13-20(14-12-19)26(27(37)34-25-17(2)9-8-10-21(25)31)35(23-15-18(23)3)28(38)22(16-24(32)36)33-29(39)40-30(4,5)6/h8-14,18,22-23,26H,7,15-16H2,1-6H3,(H2,32,36)(H,33,39)(H,34,37). The van der Waals surface area contributed by atoms with Crippen LogP contribution in [0.1, 0.15) is 70.2 Å². The van der Waals surface area contributed by atoms with E-state index in [2.05, 4.69) is 10.6 Å². The molecule has 0 saturated heterocycles. The number of nitrogens with one attached hydrogen (secondary N) is 2. The van der Waals surface area contributed by atoms with Gasteiger partial charge in [-0.25, -0.2) is 4.79 Å². The summed E-state index contributed by atoms with van der Waals surface area (Å²) < 4.78 is 5.33. The summed E-state index contributed by atoms with van der Waals surface area (Å²) in [6.07, 6.45) is 0.140. The van der Waals surface area contributed by atoms with Crippen molar-refractivity contribution in [2.45, 2.75) is 84.5 Å². The summed E-state index contributed by atoms with van der Waals surface area (Å²) >= 11 is 6.41. The molecular formula is C30H39ClN4O5. The van der Waals surface area contributed by atoms with E-state index in [0.29, 0.717) is 22.7 Å². The molecule has 4 unspecified atom stereocenters. The number of anilines is 1. The van der Waals surface area contributed by atoms with E-state index in [4.69, 9.17) is 22.1 Å². The molecule has 216 valence electrons. The lowest BCUT2D eigenvalue weighted by Crippen LogP contribution is -2.54. The van der Waals surface area contributed by atoms with Crippen LogP contribution in [0.5, 0.6) is 0 Å². The second-order valence-corrected chi connectivity index (χ2v) is 11.7. The number of alkyl carbamates (subject to hydrolysis) is 1. The SMILES string of the molecule is CCc1ccc(C(C(=O)Nc2c(C)cccc2Cl)N(C(=O)C(CC(N)=O)NC(=O)OC(C)(C)C)C2CC2C)cc1. The lowest BCUT2D eigenvalue weighted by molar-refractivity contribution is -0.142. The Labute approximate surface area is 240 Å². The maximum absolute atomic E-state index is 14.2. The van der Waals surface area contributed by atoms with Gasteiger partial charge in [0.1, 0.15) is 17.7 Å². The summed E-state index contributed by atoms with van der Waals surface area (Å²) in [4.78, 5) is 54.3. The molecule has 0 bridgehead atoms. The minimum absolute atomic E-state index is 0.104. The molecule has 4 atom stereocenters. The van der Waals surface area contributed by atoms with E-state index in [1.807, 2.05) is 51.1 Å². The number of halogens is 1. The Morgan fingerprint density at radius 1 is 1.12 bits per heavy atom. The van der Waals surface area contributed by atoms with E-state index in [9.17, 15) is 19.2 Å². The molecule has 0 aromatic heterocycles. The molecule has 0 spiro atoms. The van der Waals surface area contributed by atoms with Gasteiger partial charge in [0, 0.05) is 6.04 Å². The van der Waals surface area contributed by atoms with Crippen molar-refractivity contribution in [3.63, 3.8) is 0 Å². The molecule has 1 aliphatic rings. The summed E-state index contributed by atoms with van der Waals surface area (Å²) in [6, 6.07) is 10.1. The first kappa shape index (κ1) is 30.9. The molecule has 2 aromatic carbocycles. The fraction of sp³-hybridized carbons (Fsp3) is 0.467. The third kappa shape index (κ3) is 7.97. The predicted molar refractivity (Wildman–Crippen MR) is 155 cm³/mol. The molecule has 40 heavy (non-hydrogen) atoms. The van der Waals surface area contributed by atoms with Gasteiger partial charge in [-0.1, -0.05) is 61.8 Å². The monoisotopic (exact) mass is 570 g/mol. The summed E-state index contributed by atoms with van der Waals surface area (Å²) in [5.41, 5.74) is 7.51. The van der Waals surface area contributed by atoms with Crippen LogP contribution < -0.4 is 16.4 Å². The first-order valence-corrected chi connectivity index (χ1v) is 13.8. The van der Waals surface area contributed by atoms with Crippen LogP contribution >= 0.6 is 11.6 Å². The van der Waals surface area contributed by atoms with Crippen molar-refractivity contribution in [2.24, 2.45) is 11.7 Å². The Morgan fingerprint density at radius 3 is 2.25 bits per heavy atom. The van der Waals surface area contributed by atoms with Crippen LogP contribution in [0.25, 0.3) is 0 Å². The molecule has 4 amide bonds. The predicted octanol–water partition coefficient (Wildman–Crippen LogP) is 4.90. The van der Waals surface area contributed by atoms with Crippen LogP contribution in [0.15, 0.2) is 42.5 Å². The smallest absolute Gasteiger partial charge is 0.408 e. The molecule has 4 N–H and O–H groups in total. The van der Waals surface area contributed by atoms with Crippen LogP contribution in [-0.4, -0.2) is 46.4 Å². The highest BCUT2D eigenvalue weighted by atomic mass is 35.5.